The first-order valence-electron chi connectivity index (χ1n) is 4.58. The van der Waals surface area contributed by atoms with Gasteiger partial charge in [0, 0.05) is 10.9 Å². The SMILES string of the molecule is COC(=O)/C(C)=C/CC/C(C)=C/CBr. The highest BCUT2D eigenvalue weighted by Gasteiger charge is 2.01. The van der Waals surface area contributed by atoms with Gasteiger partial charge in [-0.05, 0) is 26.7 Å². The second-order valence-electron chi connectivity index (χ2n) is 3.12. The summed E-state index contributed by atoms with van der Waals surface area (Å²) >= 11 is 3.34. The van der Waals surface area contributed by atoms with Crippen molar-refractivity contribution in [2.75, 3.05) is 12.4 Å². The molecule has 0 N–H and O–H groups in total. The molecule has 0 aliphatic heterocycles. The lowest BCUT2D eigenvalue weighted by Crippen LogP contribution is -2.01. The average Bonchev–Trinajstić information content (AvgIpc) is 2.16. The highest BCUT2D eigenvalue weighted by Crippen LogP contribution is 2.07. The van der Waals surface area contributed by atoms with E-state index in [9.17, 15) is 4.79 Å². The van der Waals surface area contributed by atoms with Crippen LogP contribution >= 0.6 is 15.9 Å². The molecule has 0 bridgehead atoms. The van der Waals surface area contributed by atoms with Crippen molar-refractivity contribution in [1.29, 1.82) is 0 Å². The van der Waals surface area contributed by atoms with Crippen LogP contribution < -0.4 is 0 Å². The maximum absolute atomic E-state index is 11.0. The number of alkyl halides is 1. The maximum atomic E-state index is 11.0. The normalized spacial score (nSPS) is 12.9. The van der Waals surface area contributed by atoms with Gasteiger partial charge in [0.05, 0.1) is 7.11 Å². The first-order valence-corrected chi connectivity index (χ1v) is 5.70. The van der Waals surface area contributed by atoms with Crippen LogP contribution in [0, 0.1) is 0 Å². The molecular weight excluding hydrogens is 244 g/mol. The number of rotatable bonds is 5. The predicted octanol–water partition coefficient (Wildman–Crippen LogP) is 3.23. The number of esters is 1. The molecule has 0 heterocycles. The van der Waals surface area contributed by atoms with Crippen molar-refractivity contribution in [3.63, 3.8) is 0 Å². The summed E-state index contributed by atoms with van der Waals surface area (Å²) in [5.74, 6) is -0.243. The van der Waals surface area contributed by atoms with Crippen LogP contribution in [0.1, 0.15) is 26.7 Å². The molecular formula is C11H17BrO2. The van der Waals surface area contributed by atoms with Crippen molar-refractivity contribution in [3.05, 3.63) is 23.3 Å². The Kier molecular flexibility index (Phi) is 7.48. The topological polar surface area (TPSA) is 26.3 Å². The molecule has 0 radical (unpaired) electrons. The number of ether oxygens (including phenoxy) is 1. The number of hydrogen-bond acceptors (Lipinski definition) is 2. The van der Waals surface area contributed by atoms with E-state index in [2.05, 4.69) is 33.7 Å². The molecule has 0 aliphatic rings. The number of hydrogen-bond donors (Lipinski definition) is 0. The number of carbonyl (C=O) groups excluding carboxylic acids is 1. The van der Waals surface area contributed by atoms with E-state index in [-0.39, 0.29) is 5.97 Å². The Morgan fingerprint density at radius 2 is 2.00 bits per heavy atom. The van der Waals surface area contributed by atoms with Crippen molar-refractivity contribution < 1.29 is 9.53 Å². The first kappa shape index (κ1) is 13.4. The van der Waals surface area contributed by atoms with Crippen LogP contribution in [-0.2, 0) is 9.53 Å². The highest BCUT2D eigenvalue weighted by atomic mass is 79.9. The first-order chi connectivity index (χ1) is 6.61. The molecule has 0 saturated carbocycles. The average molecular weight is 261 g/mol. The standard InChI is InChI=1S/C11H17BrO2/c1-9(7-8-12)5-4-6-10(2)11(13)14-3/h6-7H,4-5,8H2,1-3H3/b9-7+,10-6+. The Morgan fingerprint density at radius 1 is 1.36 bits per heavy atom. The molecule has 0 spiro atoms. The van der Waals surface area contributed by atoms with Crippen LogP contribution in [0.25, 0.3) is 0 Å². The van der Waals surface area contributed by atoms with E-state index in [1.54, 1.807) is 6.92 Å². The molecule has 2 nitrogen and oxygen atoms in total. The van der Waals surface area contributed by atoms with E-state index in [4.69, 9.17) is 0 Å². The lowest BCUT2D eigenvalue weighted by molar-refractivity contribution is -0.136. The van der Waals surface area contributed by atoms with Gasteiger partial charge in [-0.15, -0.1) is 0 Å². The monoisotopic (exact) mass is 260 g/mol. The van der Waals surface area contributed by atoms with E-state index < -0.39 is 0 Å². The number of allylic oxidation sites excluding steroid dienone is 3. The van der Waals surface area contributed by atoms with Gasteiger partial charge in [0.15, 0.2) is 0 Å². The van der Waals surface area contributed by atoms with Gasteiger partial charge in [0.25, 0.3) is 0 Å². The van der Waals surface area contributed by atoms with Crippen molar-refractivity contribution in [2.24, 2.45) is 0 Å². The third-order valence-electron chi connectivity index (χ3n) is 1.92. The minimum absolute atomic E-state index is 0.243. The zero-order chi connectivity index (χ0) is 11.0. The van der Waals surface area contributed by atoms with Crippen LogP contribution in [0.5, 0.6) is 0 Å². The third kappa shape index (κ3) is 5.97. The Bertz CT molecular complexity index is 242. The number of methoxy groups -OCH3 is 1. The Balaban J connectivity index is 3.93. The van der Waals surface area contributed by atoms with Crippen LogP contribution in [0.3, 0.4) is 0 Å². The van der Waals surface area contributed by atoms with Crippen molar-refractivity contribution >= 4 is 21.9 Å². The Morgan fingerprint density at radius 3 is 2.50 bits per heavy atom. The summed E-state index contributed by atoms with van der Waals surface area (Å²) in [7, 11) is 1.40. The van der Waals surface area contributed by atoms with Gasteiger partial charge in [0.1, 0.15) is 0 Å². The molecule has 0 amide bonds. The number of halogens is 1. The molecule has 0 aromatic carbocycles. The van der Waals surface area contributed by atoms with Crippen LogP contribution in [0.15, 0.2) is 23.3 Å². The van der Waals surface area contributed by atoms with Gasteiger partial charge in [-0.2, -0.15) is 0 Å². The van der Waals surface area contributed by atoms with E-state index in [0.29, 0.717) is 5.57 Å². The largest absolute Gasteiger partial charge is 0.466 e. The fourth-order valence-electron chi connectivity index (χ4n) is 0.994. The van der Waals surface area contributed by atoms with Crippen molar-refractivity contribution in [1.82, 2.24) is 0 Å². The summed E-state index contributed by atoms with van der Waals surface area (Å²) in [5, 5.41) is 0.887. The van der Waals surface area contributed by atoms with E-state index >= 15 is 0 Å². The molecule has 0 aliphatic carbocycles. The van der Waals surface area contributed by atoms with E-state index in [1.165, 1.54) is 12.7 Å². The lowest BCUT2D eigenvalue weighted by atomic mass is 10.1. The molecule has 3 heteroatoms. The lowest BCUT2D eigenvalue weighted by Gasteiger charge is -1.99. The third-order valence-corrected chi connectivity index (χ3v) is 2.25. The molecule has 0 aromatic heterocycles. The van der Waals surface area contributed by atoms with Crippen molar-refractivity contribution in [2.45, 2.75) is 26.7 Å². The van der Waals surface area contributed by atoms with Crippen LogP contribution in [-0.4, -0.2) is 18.4 Å². The van der Waals surface area contributed by atoms with Gasteiger partial charge in [0.2, 0.25) is 0 Å². The minimum atomic E-state index is -0.243. The summed E-state index contributed by atoms with van der Waals surface area (Å²) in [5.41, 5.74) is 2.01. The van der Waals surface area contributed by atoms with Crippen LogP contribution in [0.2, 0.25) is 0 Å². The van der Waals surface area contributed by atoms with Gasteiger partial charge in [-0.3, -0.25) is 0 Å². The van der Waals surface area contributed by atoms with Crippen LogP contribution in [0.4, 0.5) is 0 Å². The predicted molar refractivity (Wildman–Crippen MR) is 62.6 cm³/mol. The molecule has 14 heavy (non-hydrogen) atoms. The second-order valence-corrected chi connectivity index (χ2v) is 3.77. The summed E-state index contributed by atoms with van der Waals surface area (Å²) < 4.78 is 4.59. The summed E-state index contributed by atoms with van der Waals surface area (Å²) in [6, 6.07) is 0. The summed E-state index contributed by atoms with van der Waals surface area (Å²) in [6.07, 6.45) is 5.91. The summed E-state index contributed by atoms with van der Waals surface area (Å²) in [6.45, 7) is 3.86. The van der Waals surface area contributed by atoms with Gasteiger partial charge in [-0.1, -0.05) is 33.7 Å². The van der Waals surface area contributed by atoms with E-state index in [1.807, 2.05) is 6.08 Å². The smallest absolute Gasteiger partial charge is 0.333 e. The zero-order valence-electron chi connectivity index (χ0n) is 8.97. The summed E-state index contributed by atoms with van der Waals surface area (Å²) in [4.78, 5) is 11.0. The molecule has 0 rings (SSSR count). The van der Waals surface area contributed by atoms with Gasteiger partial charge in [-0.25, -0.2) is 4.79 Å². The Hall–Kier alpha value is -0.570. The van der Waals surface area contributed by atoms with Gasteiger partial charge >= 0.3 is 5.97 Å². The van der Waals surface area contributed by atoms with Gasteiger partial charge < -0.3 is 4.74 Å². The minimum Gasteiger partial charge on any atom is -0.466 e. The second kappa shape index (κ2) is 7.80. The molecule has 0 aromatic rings. The zero-order valence-corrected chi connectivity index (χ0v) is 10.6. The quantitative estimate of drug-likeness (QED) is 0.329. The fraction of sp³-hybridized carbons (Fsp3) is 0.545. The van der Waals surface area contributed by atoms with E-state index in [0.717, 1.165) is 18.2 Å². The molecule has 0 fully saturated rings. The van der Waals surface area contributed by atoms with Crippen molar-refractivity contribution in [3.8, 4) is 0 Å². The molecule has 0 saturated heterocycles. The molecule has 0 atom stereocenters. The maximum Gasteiger partial charge on any atom is 0.333 e. The number of carbonyl (C=O) groups is 1. The molecule has 80 valence electrons. The molecule has 0 unspecified atom stereocenters. The Labute approximate surface area is 94.2 Å². The highest BCUT2D eigenvalue weighted by molar-refractivity contribution is 9.09. The fourth-order valence-corrected chi connectivity index (χ4v) is 1.55.